The highest BCUT2D eigenvalue weighted by Gasteiger charge is 2.32. The van der Waals surface area contributed by atoms with Gasteiger partial charge >= 0.3 is 6.18 Å². The van der Waals surface area contributed by atoms with Gasteiger partial charge in [-0.05, 0) is 18.2 Å². The van der Waals surface area contributed by atoms with Crippen LogP contribution in [-0.2, 0) is 6.18 Å². The molecule has 24 heavy (non-hydrogen) atoms. The average molecular weight is 343 g/mol. The van der Waals surface area contributed by atoms with E-state index in [1.165, 1.54) is 18.6 Å². The van der Waals surface area contributed by atoms with Gasteiger partial charge in [0.15, 0.2) is 0 Å². The zero-order valence-electron chi connectivity index (χ0n) is 12.1. The van der Waals surface area contributed by atoms with E-state index in [1.54, 1.807) is 0 Å². The molecule has 2 aromatic rings. The molecule has 128 valence electrons. The maximum atomic E-state index is 12.6. The van der Waals surface area contributed by atoms with Crippen molar-refractivity contribution >= 4 is 17.3 Å². The molecule has 0 bridgehead atoms. The normalized spacial score (nSPS) is 11.1. The van der Waals surface area contributed by atoms with Crippen molar-refractivity contribution < 1.29 is 27.3 Å². The zero-order valence-corrected chi connectivity index (χ0v) is 12.1. The van der Waals surface area contributed by atoms with E-state index in [4.69, 9.17) is 4.42 Å². The molecule has 2 N–H and O–H groups in total. The van der Waals surface area contributed by atoms with Crippen LogP contribution in [0.3, 0.4) is 0 Å². The Balaban J connectivity index is 1.97. The van der Waals surface area contributed by atoms with Crippen molar-refractivity contribution in [2.45, 2.75) is 6.18 Å². The zero-order chi connectivity index (χ0) is 17.7. The Hall–Kier alpha value is -3.04. The Bertz CT molecular complexity index is 729. The van der Waals surface area contributed by atoms with Gasteiger partial charge in [0.1, 0.15) is 12.0 Å². The molecule has 2 rings (SSSR count). The molecule has 0 saturated carbocycles. The smallest absolute Gasteiger partial charge is 0.416 e. The summed E-state index contributed by atoms with van der Waals surface area (Å²) in [5, 5.41) is 16.1. The van der Waals surface area contributed by atoms with Crippen LogP contribution in [0.5, 0.6) is 0 Å². The lowest BCUT2D eigenvalue weighted by atomic mass is 10.1. The third-order valence-electron chi connectivity index (χ3n) is 3.03. The quantitative estimate of drug-likeness (QED) is 0.477. The number of amides is 1. The molecule has 1 aromatic heterocycles. The number of rotatable bonds is 6. The third kappa shape index (κ3) is 4.24. The minimum atomic E-state index is -4.66. The molecule has 0 aliphatic heterocycles. The van der Waals surface area contributed by atoms with E-state index in [0.717, 1.165) is 12.1 Å². The molecule has 0 aliphatic rings. The second kappa shape index (κ2) is 7.02. The van der Waals surface area contributed by atoms with Crippen molar-refractivity contribution in [1.29, 1.82) is 0 Å². The summed E-state index contributed by atoms with van der Waals surface area (Å²) < 4.78 is 42.5. The van der Waals surface area contributed by atoms with Gasteiger partial charge in [0, 0.05) is 19.2 Å². The summed E-state index contributed by atoms with van der Waals surface area (Å²) in [5.41, 5.74) is -1.54. The van der Waals surface area contributed by atoms with Crippen LogP contribution in [-0.4, -0.2) is 23.9 Å². The Morgan fingerprint density at radius 1 is 1.25 bits per heavy atom. The summed E-state index contributed by atoms with van der Waals surface area (Å²) in [6, 6.07) is 3.66. The maximum absolute atomic E-state index is 12.6. The molecule has 1 heterocycles. The molecular weight excluding hydrogens is 331 g/mol. The number of carbonyl (C=O) groups excluding carboxylic acids is 1. The van der Waals surface area contributed by atoms with E-state index in [1.807, 2.05) is 0 Å². The molecule has 1 aromatic carbocycles. The summed E-state index contributed by atoms with van der Waals surface area (Å²) in [7, 11) is 0. The number of alkyl halides is 3. The number of anilines is 1. The van der Waals surface area contributed by atoms with Gasteiger partial charge in [-0.25, -0.2) is 0 Å². The topological polar surface area (TPSA) is 97.4 Å². The molecule has 10 heteroatoms. The number of nitrogens with zero attached hydrogens (tertiary/aromatic N) is 1. The lowest BCUT2D eigenvalue weighted by Gasteiger charge is -2.11. The summed E-state index contributed by atoms with van der Waals surface area (Å²) in [6.45, 7) is 0.206. The number of nitro benzene ring substituents is 1. The number of furan rings is 1. The lowest BCUT2D eigenvalue weighted by Crippen LogP contribution is -2.28. The Kier molecular flexibility index (Phi) is 5.07. The van der Waals surface area contributed by atoms with Crippen molar-refractivity contribution in [3.63, 3.8) is 0 Å². The molecule has 0 spiro atoms. The van der Waals surface area contributed by atoms with Crippen LogP contribution in [0.1, 0.15) is 15.9 Å². The molecule has 0 saturated heterocycles. The summed E-state index contributed by atoms with van der Waals surface area (Å²) >= 11 is 0. The number of benzene rings is 1. The van der Waals surface area contributed by atoms with Gasteiger partial charge in [-0.3, -0.25) is 14.9 Å². The SMILES string of the molecule is O=C(NCCNc1ccc(C(F)(F)F)cc1[N+](=O)[O-])c1ccoc1. The van der Waals surface area contributed by atoms with Crippen molar-refractivity contribution in [3.05, 3.63) is 58.0 Å². The van der Waals surface area contributed by atoms with Crippen LogP contribution in [0, 0.1) is 10.1 Å². The van der Waals surface area contributed by atoms with Crippen LogP contribution in [0.25, 0.3) is 0 Å². The summed E-state index contributed by atoms with van der Waals surface area (Å²) in [4.78, 5) is 21.6. The van der Waals surface area contributed by atoms with Crippen molar-refractivity contribution in [1.82, 2.24) is 5.32 Å². The fraction of sp³-hybridized carbons (Fsp3) is 0.214. The second-order valence-electron chi connectivity index (χ2n) is 4.68. The fourth-order valence-corrected chi connectivity index (χ4v) is 1.88. The molecule has 7 nitrogen and oxygen atoms in total. The van der Waals surface area contributed by atoms with Crippen molar-refractivity contribution in [2.24, 2.45) is 0 Å². The van der Waals surface area contributed by atoms with Crippen LogP contribution < -0.4 is 10.6 Å². The Morgan fingerprint density at radius 2 is 2.00 bits per heavy atom. The van der Waals surface area contributed by atoms with Gasteiger partial charge in [0.25, 0.3) is 11.6 Å². The van der Waals surface area contributed by atoms with Crippen molar-refractivity contribution in [2.75, 3.05) is 18.4 Å². The van der Waals surface area contributed by atoms with E-state index in [9.17, 15) is 28.1 Å². The fourth-order valence-electron chi connectivity index (χ4n) is 1.88. The van der Waals surface area contributed by atoms with E-state index in [2.05, 4.69) is 10.6 Å². The van der Waals surface area contributed by atoms with Gasteiger partial charge in [0.2, 0.25) is 0 Å². The number of nitrogens with one attached hydrogen (secondary N) is 2. The first-order chi connectivity index (χ1) is 11.3. The lowest BCUT2D eigenvalue weighted by molar-refractivity contribution is -0.384. The highest BCUT2D eigenvalue weighted by atomic mass is 19.4. The van der Waals surface area contributed by atoms with Gasteiger partial charge in [0.05, 0.1) is 22.3 Å². The molecule has 0 aliphatic carbocycles. The molecule has 0 radical (unpaired) electrons. The summed E-state index contributed by atoms with van der Waals surface area (Å²) in [5.74, 6) is -0.396. The number of hydrogen-bond acceptors (Lipinski definition) is 5. The van der Waals surface area contributed by atoms with Crippen LogP contribution >= 0.6 is 0 Å². The maximum Gasteiger partial charge on any atom is 0.416 e. The van der Waals surface area contributed by atoms with Gasteiger partial charge in [-0.15, -0.1) is 0 Å². The predicted octanol–water partition coefficient (Wildman–Crippen LogP) is 3.05. The third-order valence-corrected chi connectivity index (χ3v) is 3.03. The van der Waals surface area contributed by atoms with Gasteiger partial charge < -0.3 is 15.1 Å². The molecule has 0 atom stereocenters. The number of nitro groups is 1. The second-order valence-corrected chi connectivity index (χ2v) is 4.68. The first-order valence-corrected chi connectivity index (χ1v) is 6.69. The van der Waals surface area contributed by atoms with Crippen molar-refractivity contribution in [3.8, 4) is 0 Å². The van der Waals surface area contributed by atoms with E-state index >= 15 is 0 Å². The number of carbonyl (C=O) groups is 1. The minimum Gasteiger partial charge on any atom is -0.472 e. The molecule has 0 fully saturated rings. The highest BCUT2D eigenvalue weighted by molar-refractivity contribution is 5.93. The van der Waals surface area contributed by atoms with Crippen LogP contribution in [0.2, 0.25) is 0 Å². The Morgan fingerprint density at radius 3 is 2.58 bits per heavy atom. The predicted molar refractivity (Wildman–Crippen MR) is 77.6 cm³/mol. The van der Waals surface area contributed by atoms with Crippen LogP contribution in [0.15, 0.2) is 41.2 Å². The van der Waals surface area contributed by atoms with E-state index < -0.39 is 28.3 Å². The summed E-state index contributed by atoms with van der Waals surface area (Å²) in [6.07, 6.45) is -2.08. The number of halogens is 3. The molecule has 1 amide bonds. The average Bonchev–Trinajstić information content (AvgIpc) is 3.04. The molecule has 0 unspecified atom stereocenters. The largest absolute Gasteiger partial charge is 0.472 e. The van der Waals surface area contributed by atoms with Crippen LogP contribution in [0.4, 0.5) is 24.5 Å². The van der Waals surface area contributed by atoms with E-state index in [0.29, 0.717) is 11.6 Å². The minimum absolute atomic E-state index is 0.0643. The van der Waals surface area contributed by atoms with Gasteiger partial charge in [-0.2, -0.15) is 13.2 Å². The standard InChI is InChI=1S/C14H12F3N3O4/c15-14(16,17)10-1-2-11(12(7-10)20(22)23)18-4-5-19-13(21)9-3-6-24-8-9/h1-3,6-8,18H,4-5H2,(H,19,21). The van der Waals surface area contributed by atoms with Gasteiger partial charge in [-0.1, -0.05) is 0 Å². The first-order valence-electron chi connectivity index (χ1n) is 6.69. The monoisotopic (exact) mass is 343 g/mol. The Labute approximate surface area is 133 Å². The highest BCUT2D eigenvalue weighted by Crippen LogP contribution is 2.34. The van der Waals surface area contributed by atoms with E-state index in [-0.39, 0.29) is 18.8 Å². The molecular formula is C14H12F3N3O4. The first kappa shape index (κ1) is 17.3. The number of hydrogen-bond donors (Lipinski definition) is 2.